The largest absolute Gasteiger partial charge is 0.395 e. The predicted octanol–water partition coefficient (Wildman–Crippen LogP) is 2.88. The SMILES string of the molecule is CC(C)c1ccc(CCCC(=O)N(CCO)Cc2ncc[nH]2)cc1. The summed E-state index contributed by atoms with van der Waals surface area (Å²) < 4.78 is 0. The van der Waals surface area contributed by atoms with Gasteiger partial charge in [0.1, 0.15) is 5.82 Å². The van der Waals surface area contributed by atoms with Gasteiger partial charge >= 0.3 is 0 Å². The lowest BCUT2D eigenvalue weighted by Crippen LogP contribution is -2.33. The maximum Gasteiger partial charge on any atom is 0.223 e. The van der Waals surface area contributed by atoms with E-state index in [1.165, 1.54) is 11.1 Å². The normalized spacial score (nSPS) is 11.0. The quantitative estimate of drug-likeness (QED) is 0.743. The summed E-state index contributed by atoms with van der Waals surface area (Å²) in [6, 6.07) is 8.62. The van der Waals surface area contributed by atoms with Gasteiger partial charge in [0.05, 0.1) is 13.2 Å². The first-order valence-electron chi connectivity index (χ1n) is 8.56. The monoisotopic (exact) mass is 329 g/mol. The van der Waals surface area contributed by atoms with E-state index < -0.39 is 0 Å². The molecule has 5 heteroatoms. The van der Waals surface area contributed by atoms with Crippen LogP contribution in [0.15, 0.2) is 36.7 Å². The molecule has 1 aromatic heterocycles. The summed E-state index contributed by atoms with van der Waals surface area (Å²) in [5, 5.41) is 9.16. The Kier molecular flexibility index (Phi) is 7.00. The zero-order valence-electron chi connectivity index (χ0n) is 14.5. The minimum Gasteiger partial charge on any atom is -0.395 e. The highest BCUT2D eigenvalue weighted by atomic mass is 16.3. The Balaban J connectivity index is 1.81. The van der Waals surface area contributed by atoms with Gasteiger partial charge in [0.2, 0.25) is 5.91 Å². The van der Waals surface area contributed by atoms with Crippen LogP contribution in [0.25, 0.3) is 0 Å². The number of nitrogens with one attached hydrogen (secondary N) is 1. The van der Waals surface area contributed by atoms with Gasteiger partial charge in [0, 0.05) is 25.4 Å². The van der Waals surface area contributed by atoms with Gasteiger partial charge in [-0.05, 0) is 29.9 Å². The molecule has 0 spiro atoms. The van der Waals surface area contributed by atoms with E-state index in [9.17, 15) is 4.79 Å². The van der Waals surface area contributed by atoms with Crippen molar-refractivity contribution in [1.82, 2.24) is 14.9 Å². The first kappa shape index (κ1) is 18.2. The maximum absolute atomic E-state index is 12.4. The molecule has 0 atom stereocenters. The number of amides is 1. The molecule has 0 bridgehead atoms. The van der Waals surface area contributed by atoms with Gasteiger partial charge in [-0.15, -0.1) is 0 Å². The molecule has 130 valence electrons. The summed E-state index contributed by atoms with van der Waals surface area (Å²) in [6.07, 6.45) is 5.57. The first-order valence-corrected chi connectivity index (χ1v) is 8.56. The molecule has 0 radical (unpaired) electrons. The summed E-state index contributed by atoms with van der Waals surface area (Å²) in [4.78, 5) is 21.2. The van der Waals surface area contributed by atoms with E-state index in [1.807, 2.05) is 0 Å². The van der Waals surface area contributed by atoms with E-state index in [1.54, 1.807) is 17.3 Å². The minimum absolute atomic E-state index is 0.0386. The summed E-state index contributed by atoms with van der Waals surface area (Å²) >= 11 is 0. The van der Waals surface area contributed by atoms with Gasteiger partial charge in [-0.2, -0.15) is 0 Å². The van der Waals surface area contributed by atoms with E-state index in [2.05, 4.69) is 48.1 Å². The van der Waals surface area contributed by atoms with E-state index in [-0.39, 0.29) is 12.5 Å². The average Bonchev–Trinajstić information content (AvgIpc) is 3.08. The Labute approximate surface area is 143 Å². The number of aryl methyl sites for hydroxylation is 1. The second kappa shape index (κ2) is 9.23. The number of aromatic amines is 1. The van der Waals surface area contributed by atoms with Crippen molar-refractivity contribution in [3.8, 4) is 0 Å². The fraction of sp³-hybridized carbons (Fsp3) is 0.474. The van der Waals surface area contributed by atoms with Crippen LogP contribution in [0.3, 0.4) is 0 Å². The second-order valence-corrected chi connectivity index (χ2v) is 6.32. The number of aromatic nitrogens is 2. The van der Waals surface area contributed by atoms with Gasteiger partial charge < -0.3 is 15.0 Å². The number of benzene rings is 1. The lowest BCUT2D eigenvalue weighted by Gasteiger charge is -2.20. The van der Waals surface area contributed by atoms with Crippen LogP contribution in [0.4, 0.5) is 0 Å². The Morgan fingerprint density at radius 3 is 2.62 bits per heavy atom. The molecular formula is C19H27N3O2. The Morgan fingerprint density at radius 1 is 1.29 bits per heavy atom. The lowest BCUT2D eigenvalue weighted by atomic mass is 10.00. The Bertz CT molecular complexity index is 606. The number of imidazole rings is 1. The summed E-state index contributed by atoms with van der Waals surface area (Å²) in [5.74, 6) is 1.33. The van der Waals surface area contributed by atoms with Crippen LogP contribution in [0.1, 0.15) is 49.6 Å². The summed E-state index contributed by atoms with van der Waals surface area (Å²) in [5.41, 5.74) is 2.59. The average molecular weight is 329 g/mol. The predicted molar refractivity (Wildman–Crippen MR) is 94.6 cm³/mol. The highest BCUT2D eigenvalue weighted by Crippen LogP contribution is 2.16. The van der Waals surface area contributed by atoms with Crippen molar-refractivity contribution in [2.45, 2.75) is 45.6 Å². The van der Waals surface area contributed by atoms with E-state index in [0.29, 0.717) is 25.4 Å². The number of carbonyl (C=O) groups is 1. The minimum atomic E-state index is -0.0386. The van der Waals surface area contributed by atoms with Crippen molar-refractivity contribution < 1.29 is 9.90 Å². The Morgan fingerprint density at radius 2 is 2.04 bits per heavy atom. The highest BCUT2D eigenvalue weighted by Gasteiger charge is 2.14. The van der Waals surface area contributed by atoms with Crippen molar-refractivity contribution >= 4 is 5.91 Å². The number of hydrogen-bond donors (Lipinski definition) is 2. The molecule has 0 saturated carbocycles. The summed E-state index contributed by atoms with van der Waals surface area (Å²) in [6.45, 7) is 5.08. The zero-order valence-corrected chi connectivity index (χ0v) is 14.5. The molecule has 2 aromatic rings. The van der Waals surface area contributed by atoms with Crippen LogP contribution in [-0.2, 0) is 17.8 Å². The topological polar surface area (TPSA) is 69.2 Å². The summed E-state index contributed by atoms with van der Waals surface area (Å²) in [7, 11) is 0. The van der Waals surface area contributed by atoms with Gasteiger partial charge in [-0.1, -0.05) is 38.1 Å². The molecule has 1 aromatic carbocycles. The van der Waals surface area contributed by atoms with Gasteiger partial charge in [0.15, 0.2) is 0 Å². The number of aliphatic hydroxyl groups excluding tert-OH is 1. The van der Waals surface area contributed by atoms with Crippen LogP contribution < -0.4 is 0 Å². The number of hydrogen-bond acceptors (Lipinski definition) is 3. The van der Waals surface area contributed by atoms with Crippen LogP contribution >= 0.6 is 0 Å². The number of H-pyrrole nitrogens is 1. The molecule has 1 amide bonds. The van der Waals surface area contributed by atoms with Crippen molar-refractivity contribution in [3.63, 3.8) is 0 Å². The third-order valence-electron chi connectivity index (χ3n) is 4.12. The highest BCUT2D eigenvalue weighted by molar-refractivity contribution is 5.76. The maximum atomic E-state index is 12.4. The molecule has 1 heterocycles. The van der Waals surface area contributed by atoms with Gasteiger partial charge in [0.25, 0.3) is 0 Å². The third-order valence-corrected chi connectivity index (χ3v) is 4.12. The molecular weight excluding hydrogens is 302 g/mol. The van der Waals surface area contributed by atoms with E-state index >= 15 is 0 Å². The number of carbonyl (C=O) groups excluding carboxylic acids is 1. The second-order valence-electron chi connectivity index (χ2n) is 6.32. The van der Waals surface area contributed by atoms with Crippen molar-refractivity contribution in [3.05, 3.63) is 53.6 Å². The van der Waals surface area contributed by atoms with Crippen molar-refractivity contribution in [1.29, 1.82) is 0 Å². The Hall–Kier alpha value is -2.14. The van der Waals surface area contributed by atoms with Gasteiger partial charge in [-0.3, -0.25) is 4.79 Å². The molecule has 0 aliphatic rings. The molecule has 2 N–H and O–H groups in total. The fourth-order valence-electron chi connectivity index (χ4n) is 2.65. The van der Waals surface area contributed by atoms with Crippen LogP contribution in [0.5, 0.6) is 0 Å². The lowest BCUT2D eigenvalue weighted by molar-refractivity contribution is -0.132. The molecule has 0 aliphatic carbocycles. The zero-order chi connectivity index (χ0) is 17.4. The van der Waals surface area contributed by atoms with Crippen LogP contribution in [-0.4, -0.2) is 39.0 Å². The third kappa shape index (κ3) is 5.49. The fourth-order valence-corrected chi connectivity index (χ4v) is 2.65. The van der Waals surface area contributed by atoms with Gasteiger partial charge in [-0.25, -0.2) is 4.98 Å². The van der Waals surface area contributed by atoms with E-state index in [0.717, 1.165) is 18.7 Å². The van der Waals surface area contributed by atoms with Crippen molar-refractivity contribution in [2.75, 3.05) is 13.2 Å². The standard InChI is InChI=1S/C19H27N3O2/c1-15(2)17-8-6-16(7-9-17)4-3-5-19(24)22(12-13-23)14-18-20-10-11-21-18/h6-11,15,23H,3-5,12-14H2,1-2H3,(H,20,21). The molecule has 24 heavy (non-hydrogen) atoms. The van der Waals surface area contributed by atoms with Crippen LogP contribution in [0.2, 0.25) is 0 Å². The first-order chi connectivity index (χ1) is 11.6. The molecule has 0 unspecified atom stereocenters. The number of aliphatic hydroxyl groups is 1. The van der Waals surface area contributed by atoms with Crippen molar-refractivity contribution in [2.24, 2.45) is 0 Å². The molecule has 5 nitrogen and oxygen atoms in total. The molecule has 0 fully saturated rings. The van der Waals surface area contributed by atoms with E-state index in [4.69, 9.17) is 5.11 Å². The molecule has 0 saturated heterocycles. The van der Waals surface area contributed by atoms with Crippen LogP contribution in [0, 0.1) is 0 Å². The smallest absolute Gasteiger partial charge is 0.223 e. The molecule has 2 rings (SSSR count). The molecule has 0 aliphatic heterocycles. The number of rotatable bonds is 9. The number of nitrogens with zero attached hydrogens (tertiary/aromatic N) is 2.